The van der Waals surface area contributed by atoms with Crippen molar-refractivity contribution in [2.24, 2.45) is 0 Å². The van der Waals surface area contributed by atoms with E-state index in [-0.39, 0.29) is 12.1 Å². The molecule has 0 radical (unpaired) electrons. The van der Waals surface area contributed by atoms with Gasteiger partial charge in [0, 0.05) is 33.7 Å². The Kier molecular flexibility index (Phi) is 5.00. The van der Waals surface area contributed by atoms with Crippen LogP contribution < -0.4 is 10.6 Å². The average molecular weight is 344 g/mol. The van der Waals surface area contributed by atoms with Crippen LogP contribution in [0.25, 0.3) is 11.5 Å². The minimum atomic E-state index is -0.207. The van der Waals surface area contributed by atoms with E-state index in [1.807, 2.05) is 25.1 Å². The molecule has 1 aliphatic rings. The van der Waals surface area contributed by atoms with Crippen molar-refractivity contribution >= 4 is 11.7 Å². The first kappa shape index (κ1) is 17.4. The SMILES string of the molecule is Cc1ccc(NC(=O)N(C)C)c(-c2nc(C3CNCCN3C)no2)c1. The van der Waals surface area contributed by atoms with Crippen molar-refractivity contribution < 1.29 is 9.32 Å². The van der Waals surface area contributed by atoms with Crippen LogP contribution in [0.1, 0.15) is 17.4 Å². The molecule has 0 saturated carbocycles. The van der Waals surface area contributed by atoms with Gasteiger partial charge >= 0.3 is 6.03 Å². The van der Waals surface area contributed by atoms with E-state index in [9.17, 15) is 4.79 Å². The molecule has 0 bridgehead atoms. The van der Waals surface area contributed by atoms with Crippen molar-refractivity contribution in [3.63, 3.8) is 0 Å². The summed E-state index contributed by atoms with van der Waals surface area (Å²) < 4.78 is 5.51. The monoisotopic (exact) mass is 344 g/mol. The summed E-state index contributed by atoms with van der Waals surface area (Å²) in [5, 5.41) is 10.4. The predicted molar refractivity (Wildman–Crippen MR) is 95.4 cm³/mol. The molecule has 1 unspecified atom stereocenters. The lowest BCUT2D eigenvalue weighted by Gasteiger charge is -2.30. The number of aromatic nitrogens is 2. The number of benzene rings is 1. The minimum Gasteiger partial charge on any atom is -0.334 e. The van der Waals surface area contributed by atoms with Crippen LogP contribution in [-0.4, -0.2) is 66.7 Å². The molecule has 0 spiro atoms. The van der Waals surface area contributed by atoms with Gasteiger partial charge in [-0.1, -0.05) is 16.8 Å². The van der Waals surface area contributed by atoms with Crippen LogP contribution in [0.15, 0.2) is 22.7 Å². The zero-order valence-electron chi connectivity index (χ0n) is 15.0. The van der Waals surface area contributed by atoms with Crippen LogP contribution in [0.2, 0.25) is 0 Å². The lowest BCUT2D eigenvalue weighted by molar-refractivity contribution is 0.190. The Bertz CT molecular complexity index is 757. The highest BCUT2D eigenvalue weighted by Crippen LogP contribution is 2.29. The number of piperazine rings is 1. The lowest BCUT2D eigenvalue weighted by atomic mass is 10.1. The van der Waals surface area contributed by atoms with E-state index >= 15 is 0 Å². The van der Waals surface area contributed by atoms with Crippen molar-refractivity contribution in [3.05, 3.63) is 29.6 Å². The molecule has 8 heteroatoms. The van der Waals surface area contributed by atoms with Crippen molar-refractivity contribution in [2.75, 3.05) is 46.1 Å². The number of anilines is 1. The number of aryl methyl sites for hydroxylation is 1. The molecule has 1 aromatic carbocycles. The number of urea groups is 1. The molecule has 1 aliphatic heterocycles. The van der Waals surface area contributed by atoms with Gasteiger partial charge < -0.3 is 20.1 Å². The van der Waals surface area contributed by atoms with Crippen LogP contribution in [0.4, 0.5) is 10.5 Å². The summed E-state index contributed by atoms with van der Waals surface area (Å²) in [7, 11) is 5.44. The summed E-state index contributed by atoms with van der Waals surface area (Å²) in [4.78, 5) is 20.3. The highest BCUT2D eigenvalue weighted by Gasteiger charge is 2.26. The van der Waals surface area contributed by atoms with Crippen molar-refractivity contribution in [1.29, 1.82) is 0 Å². The third-order valence-corrected chi connectivity index (χ3v) is 4.30. The van der Waals surface area contributed by atoms with E-state index in [4.69, 9.17) is 4.52 Å². The number of amides is 2. The van der Waals surface area contributed by atoms with Crippen LogP contribution >= 0.6 is 0 Å². The standard InChI is InChI=1S/C17H24N6O2/c1-11-5-6-13(19-17(24)22(2)3)12(9-11)16-20-15(21-25-16)14-10-18-7-8-23(14)4/h5-6,9,14,18H,7-8,10H2,1-4H3,(H,19,24). The Morgan fingerprint density at radius 1 is 1.44 bits per heavy atom. The van der Waals surface area contributed by atoms with Crippen LogP contribution in [-0.2, 0) is 0 Å². The summed E-state index contributed by atoms with van der Waals surface area (Å²) in [6, 6.07) is 5.59. The number of nitrogens with one attached hydrogen (secondary N) is 2. The Balaban J connectivity index is 1.91. The maximum atomic E-state index is 12.0. The first-order valence-electron chi connectivity index (χ1n) is 8.29. The molecule has 2 amide bonds. The van der Waals surface area contributed by atoms with Gasteiger partial charge in [-0.15, -0.1) is 0 Å². The zero-order chi connectivity index (χ0) is 18.0. The fourth-order valence-electron chi connectivity index (χ4n) is 2.74. The van der Waals surface area contributed by atoms with Gasteiger partial charge in [0.1, 0.15) is 0 Å². The van der Waals surface area contributed by atoms with Gasteiger partial charge in [0.15, 0.2) is 5.82 Å². The van der Waals surface area contributed by atoms with Gasteiger partial charge in [0.05, 0.1) is 17.3 Å². The van der Waals surface area contributed by atoms with Gasteiger partial charge in [-0.05, 0) is 26.1 Å². The molecular formula is C17H24N6O2. The molecule has 25 heavy (non-hydrogen) atoms. The quantitative estimate of drug-likeness (QED) is 0.882. The van der Waals surface area contributed by atoms with Crippen LogP contribution in [0, 0.1) is 6.92 Å². The number of carbonyl (C=O) groups is 1. The molecule has 1 saturated heterocycles. The topological polar surface area (TPSA) is 86.5 Å². The molecule has 1 atom stereocenters. The van der Waals surface area contributed by atoms with E-state index < -0.39 is 0 Å². The normalized spacial score (nSPS) is 18.2. The molecule has 2 N–H and O–H groups in total. The molecule has 0 aliphatic carbocycles. The highest BCUT2D eigenvalue weighted by molar-refractivity contribution is 5.93. The summed E-state index contributed by atoms with van der Waals surface area (Å²) in [6.07, 6.45) is 0. The molecule has 2 aromatic rings. The fraction of sp³-hybridized carbons (Fsp3) is 0.471. The van der Waals surface area contributed by atoms with Crippen molar-refractivity contribution in [3.8, 4) is 11.5 Å². The zero-order valence-corrected chi connectivity index (χ0v) is 15.0. The summed E-state index contributed by atoms with van der Waals surface area (Å²) in [5.74, 6) is 1.06. The smallest absolute Gasteiger partial charge is 0.321 e. The third kappa shape index (κ3) is 3.80. The number of carbonyl (C=O) groups excluding carboxylic acids is 1. The van der Waals surface area contributed by atoms with E-state index in [1.165, 1.54) is 4.90 Å². The van der Waals surface area contributed by atoms with Crippen molar-refractivity contribution in [1.82, 2.24) is 25.3 Å². The first-order chi connectivity index (χ1) is 12.0. The van der Waals surface area contributed by atoms with Gasteiger partial charge in [-0.3, -0.25) is 4.90 Å². The maximum Gasteiger partial charge on any atom is 0.321 e. The fourth-order valence-corrected chi connectivity index (χ4v) is 2.74. The van der Waals surface area contributed by atoms with Crippen LogP contribution in [0.5, 0.6) is 0 Å². The van der Waals surface area contributed by atoms with Crippen molar-refractivity contribution in [2.45, 2.75) is 13.0 Å². The predicted octanol–water partition coefficient (Wildman–Crippen LogP) is 1.71. The molecule has 134 valence electrons. The Labute approximate surface area is 147 Å². The highest BCUT2D eigenvalue weighted by atomic mass is 16.5. The van der Waals surface area contributed by atoms with Gasteiger partial charge in [0.2, 0.25) is 0 Å². The number of rotatable bonds is 3. The van der Waals surface area contributed by atoms with Gasteiger partial charge in [0.25, 0.3) is 5.89 Å². The molecule has 3 rings (SSSR count). The van der Waals surface area contributed by atoms with E-state index in [0.29, 0.717) is 17.4 Å². The van der Waals surface area contributed by atoms with E-state index in [0.717, 1.165) is 30.8 Å². The Morgan fingerprint density at radius 2 is 2.24 bits per heavy atom. The van der Waals surface area contributed by atoms with Gasteiger partial charge in [-0.25, -0.2) is 4.79 Å². The Morgan fingerprint density at radius 3 is 2.96 bits per heavy atom. The molecule has 8 nitrogen and oxygen atoms in total. The molecule has 1 fully saturated rings. The lowest BCUT2D eigenvalue weighted by Crippen LogP contribution is -2.44. The Hall–Kier alpha value is -2.45. The second-order valence-corrected chi connectivity index (χ2v) is 6.53. The first-order valence-corrected chi connectivity index (χ1v) is 8.29. The van der Waals surface area contributed by atoms with E-state index in [1.54, 1.807) is 14.1 Å². The maximum absolute atomic E-state index is 12.0. The molecule has 2 heterocycles. The summed E-state index contributed by atoms with van der Waals surface area (Å²) in [6.45, 7) is 4.66. The second-order valence-electron chi connectivity index (χ2n) is 6.53. The van der Waals surface area contributed by atoms with Crippen LogP contribution in [0.3, 0.4) is 0 Å². The van der Waals surface area contributed by atoms with E-state index in [2.05, 4.69) is 32.7 Å². The average Bonchev–Trinajstić information content (AvgIpc) is 3.06. The number of nitrogens with zero attached hydrogens (tertiary/aromatic N) is 4. The number of likely N-dealkylation sites (N-methyl/N-ethyl adjacent to an activating group) is 1. The number of hydrogen-bond acceptors (Lipinski definition) is 6. The minimum absolute atomic E-state index is 0.0795. The third-order valence-electron chi connectivity index (χ3n) is 4.30. The second kappa shape index (κ2) is 7.20. The van der Waals surface area contributed by atoms with Gasteiger partial charge in [-0.2, -0.15) is 4.98 Å². The summed E-state index contributed by atoms with van der Waals surface area (Å²) >= 11 is 0. The number of hydrogen-bond donors (Lipinski definition) is 2. The molecular weight excluding hydrogens is 320 g/mol. The molecule has 1 aromatic heterocycles. The largest absolute Gasteiger partial charge is 0.334 e. The summed E-state index contributed by atoms with van der Waals surface area (Å²) in [5.41, 5.74) is 2.42.